The first-order valence-electron chi connectivity index (χ1n) is 12.6. The van der Waals surface area contributed by atoms with Crippen LogP contribution in [0.1, 0.15) is 18.5 Å². The van der Waals surface area contributed by atoms with Gasteiger partial charge < -0.3 is 4.90 Å². The molecule has 3 heterocycles. The van der Waals surface area contributed by atoms with Crippen LogP contribution in [-0.4, -0.2) is 78.9 Å². The Morgan fingerprint density at radius 2 is 1.79 bits per heavy atom. The van der Waals surface area contributed by atoms with E-state index in [0.29, 0.717) is 5.02 Å². The molecule has 198 valence electrons. The predicted octanol–water partition coefficient (Wildman–Crippen LogP) is 3.44. The van der Waals surface area contributed by atoms with Crippen LogP contribution in [0, 0.1) is 18.3 Å². The van der Waals surface area contributed by atoms with Crippen molar-refractivity contribution in [2.75, 3.05) is 44.2 Å². The summed E-state index contributed by atoms with van der Waals surface area (Å²) in [7, 11) is -3.87. The molecule has 2 saturated heterocycles. The molecule has 0 aliphatic carbocycles. The molecule has 0 N–H and O–H groups in total. The summed E-state index contributed by atoms with van der Waals surface area (Å²) >= 11 is 6.05. The van der Waals surface area contributed by atoms with Crippen LogP contribution in [0.4, 0.5) is 5.69 Å². The Balaban J connectivity index is 1.27. The van der Waals surface area contributed by atoms with Crippen molar-refractivity contribution in [1.29, 1.82) is 5.26 Å². The maximum atomic E-state index is 13.4. The Bertz CT molecular complexity index is 1500. The van der Waals surface area contributed by atoms with Gasteiger partial charge in [-0.1, -0.05) is 23.7 Å². The number of pyridine rings is 1. The third kappa shape index (κ3) is 5.33. The zero-order valence-electron chi connectivity index (χ0n) is 21.1. The molecule has 0 radical (unpaired) electrons. The van der Waals surface area contributed by atoms with Gasteiger partial charge in [0, 0.05) is 48.3 Å². The summed E-state index contributed by atoms with van der Waals surface area (Å²) in [5.74, 6) is -0.324. The van der Waals surface area contributed by atoms with E-state index in [1.54, 1.807) is 47.6 Å². The van der Waals surface area contributed by atoms with Gasteiger partial charge in [0.05, 0.1) is 24.1 Å². The lowest BCUT2D eigenvalue weighted by molar-refractivity contribution is -0.158. The second kappa shape index (κ2) is 10.9. The molecule has 2 aromatic carbocycles. The molecule has 38 heavy (non-hydrogen) atoms. The first-order valence-corrected chi connectivity index (χ1v) is 14.4. The number of nitriles is 1. The molecule has 3 aromatic rings. The quantitative estimate of drug-likeness (QED) is 0.432. The lowest BCUT2D eigenvalue weighted by Gasteiger charge is -2.45. The standard InChI is InChI=1S/C27H29ClN6O3S/c1-20-16-25(6-10-30-20)31-11-7-24(8-12-31)33(13-9-29)34-15-14-32(19-27(34)35)38(36,37)26-5-3-21-17-23(28)4-2-22(21)18-26/h2-6,10,16-18,24H,7-8,11-15,19H2,1H3. The van der Waals surface area contributed by atoms with Crippen molar-refractivity contribution in [3.05, 3.63) is 65.4 Å². The van der Waals surface area contributed by atoms with Crippen LogP contribution in [0.2, 0.25) is 5.02 Å². The number of anilines is 1. The van der Waals surface area contributed by atoms with Crippen LogP contribution < -0.4 is 4.90 Å². The molecule has 2 fully saturated rings. The summed E-state index contributed by atoms with van der Waals surface area (Å²) in [4.78, 5) is 19.9. The van der Waals surface area contributed by atoms with Crippen molar-refractivity contribution in [3.63, 3.8) is 0 Å². The van der Waals surface area contributed by atoms with Crippen molar-refractivity contribution < 1.29 is 13.2 Å². The maximum Gasteiger partial charge on any atom is 0.252 e. The molecule has 0 bridgehead atoms. The third-order valence-corrected chi connectivity index (χ3v) is 9.32. The Morgan fingerprint density at radius 3 is 2.50 bits per heavy atom. The molecule has 1 aromatic heterocycles. The average molecular weight is 553 g/mol. The number of hydrogen-bond donors (Lipinski definition) is 0. The molecule has 0 unspecified atom stereocenters. The van der Waals surface area contributed by atoms with Gasteiger partial charge in [-0.3, -0.25) is 14.8 Å². The van der Waals surface area contributed by atoms with Gasteiger partial charge in [0.25, 0.3) is 5.91 Å². The van der Waals surface area contributed by atoms with E-state index in [-0.39, 0.29) is 43.0 Å². The molecule has 5 rings (SSSR count). The summed E-state index contributed by atoms with van der Waals surface area (Å²) in [6.07, 6.45) is 3.38. The summed E-state index contributed by atoms with van der Waals surface area (Å²) in [6.45, 7) is 3.73. The highest BCUT2D eigenvalue weighted by Crippen LogP contribution is 2.27. The normalized spacial score (nSPS) is 17.8. The van der Waals surface area contributed by atoms with Crippen molar-refractivity contribution in [2.45, 2.75) is 30.7 Å². The van der Waals surface area contributed by atoms with Crippen LogP contribution in [0.3, 0.4) is 0 Å². The number of aromatic nitrogens is 1. The fourth-order valence-electron chi connectivity index (χ4n) is 5.26. The van der Waals surface area contributed by atoms with Crippen LogP contribution >= 0.6 is 11.6 Å². The fraction of sp³-hybridized carbons (Fsp3) is 0.370. The molecular weight excluding hydrogens is 524 g/mol. The minimum atomic E-state index is -3.87. The first-order chi connectivity index (χ1) is 18.3. The van der Waals surface area contributed by atoms with Crippen molar-refractivity contribution in [3.8, 4) is 6.07 Å². The SMILES string of the molecule is Cc1cc(N2CCC(N(CC#N)N3CCN(S(=O)(=O)c4ccc5cc(Cl)ccc5c4)CC3=O)CC2)ccn1. The second-order valence-electron chi connectivity index (χ2n) is 9.64. The van der Waals surface area contributed by atoms with Gasteiger partial charge in [0.15, 0.2) is 0 Å². The minimum Gasteiger partial charge on any atom is -0.371 e. The number of carbonyl (C=O) groups excluding carboxylic acids is 1. The van der Waals surface area contributed by atoms with E-state index >= 15 is 0 Å². The van der Waals surface area contributed by atoms with Gasteiger partial charge >= 0.3 is 0 Å². The van der Waals surface area contributed by atoms with Gasteiger partial charge in [-0.25, -0.2) is 13.4 Å². The molecule has 0 atom stereocenters. The monoisotopic (exact) mass is 552 g/mol. The third-order valence-electron chi connectivity index (χ3n) is 7.25. The van der Waals surface area contributed by atoms with Crippen LogP contribution in [0.15, 0.2) is 59.6 Å². The van der Waals surface area contributed by atoms with Gasteiger partial charge in [0.1, 0.15) is 6.54 Å². The highest BCUT2D eigenvalue weighted by molar-refractivity contribution is 7.89. The number of sulfonamides is 1. The van der Waals surface area contributed by atoms with Crippen molar-refractivity contribution >= 4 is 44.0 Å². The van der Waals surface area contributed by atoms with E-state index in [4.69, 9.17) is 11.6 Å². The number of piperidine rings is 1. The van der Waals surface area contributed by atoms with Crippen LogP contribution in [-0.2, 0) is 14.8 Å². The van der Waals surface area contributed by atoms with Crippen LogP contribution in [0.5, 0.6) is 0 Å². The number of rotatable bonds is 6. The molecule has 2 aliphatic rings. The number of benzene rings is 2. The lowest BCUT2D eigenvalue weighted by Crippen LogP contribution is -2.61. The highest BCUT2D eigenvalue weighted by Gasteiger charge is 2.38. The zero-order valence-corrected chi connectivity index (χ0v) is 22.7. The molecule has 9 nitrogen and oxygen atoms in total. The average Bonchev–Trinajstić information content (AvgIpc) is 2.91. The molecule has 2 aliphatic heterocycles. The van der Waals surface area contributed by atoms with Crippen LogP contribution in [0.25, 0.3) is 10.8 Å². The Labute approximate surface area is 227 Å². The Hall–Kier alpha value is -3.23. The number of aryl methyl sites for hydroxylation is 1. The number of piperazine rings is 1. The van der Waals surface area contributed by atoms with Gasteiger partial charge in [-0.05, 0) is 66.9 Å². The smallest absolute Gasteiger partial charge is 0.252 e. The van der Waals surface area contributed by atoms with E-state index in [9.17, 15) is 18.5 Å². The number of fused-ring (bicyclic) bond motifs is 1. The lowest BCUT2D eigenvalue weighted by atomic mass is 10.0. The van der Waals surface area contributed by atoms with Gasteiger partial charge in [-0.15, -0.1) is 0 Å². The number of hydrogen-bond acceptors (Lipinski definition) is 7. The number of carbonyl (C=O) groups is 1. The number of nitrogens with zero attached hydrogens (tertiary/aromatic N) is 6. The van der Waals surface area contributed by atoms with Crippen molar-refractivity contribution in [2.24, 2.45) is 0 Å². The summed E-state index contributed by atoms with van der Waals surface area (Å²) in [5, 5.41) is 15.1. The van der Waals surface area contributed by atoms with Gasteiger partial charge in [-0.2, -0.15) is 9.57 Å². The largest absolute Gasteiger partial charge is 0.371 e. The Kier molecular flexibility index (Phi) is 7.54. The van der Waals surface area contributed by atoms with E-state index in [1.165, 1.54) is 4.31 Å². The first kappa shape index (κ1) is 26.4. The predicted molar refractivity (Wildman–Crippen MR) is 146 cm³/mol. The van der Waals surface area contributed by atoms with Crippen molar-refractivity contribution in [1.82, 2.24) is 19.3 Å². The molecule has 1 amide bonds. The molecule has 0 spiro atoms. The Morgan fingerprint density at radius 1 is 1.05 bits per heavy atom. The summed E-state index contributed by atoms with van der Waals surface area (Å²) < 4.78 is 28.0. The van der Waals surface area contributed by atoms with E-state index in [1.807, 2.05) is 18.0 Å². The highest BCUT2D eigenvalue weighted by atomic mass is 35.5. The fourth-order valence-corrected chi connectivity index (χ4v) is 6.85. The maximum absolute atomic E-state index is 13.4. The van der Waals surface area contributed by atoms with E-state index in [0.717, 1.165) is 48.1 Å². The molecule has 0 saturated carbocycles. The number of hydrazine groups is 1. The molecular formula is C27H29ClN6O3S. The number of halogens is 1. The topological polar surface area (TPSA) is 101 Å². The van der Waals surface area contributed by atoms with Gasteiger partial charge in [0.2, 0.25) is 10.0 Å². The molecule has 11 heteroatoms. The minimum absolute atomic E-state index is 0.0215. The van der Waals surface area contributed by atoms with E-state index < -0.39 is 10.0 Å². The van der Waals surface area contributed by atoms with E-state index in [2.05, 4.69) is 22.0 Å². The summed E-state index contributed by atoms with van der Waals surface area (Å²) in [5.41, 5.74) is 2.08. The zero-order chi connectivity index (χ0) is 26.9. The number of amides is 1. The summed E-state index contributed by atoms with van der Waals surface area (Å²) in [6, 6.07) is 16.4. The second-order valence-corrected chi connectivity index (χ2v) is 12.0.